The number of carbonyl (C=O) groups excluding carboxylic acids is 1. The average Bonchev–Trinajstić information content (AvgIpc) is 2.57. The molecule has 0 aromatic heterocycles. The molecule has 0 saturated carbocycles. The fourth-order valence-electron chi connectivity index (χ4n) is 0.938. The lowest BCUT2D eigenvalue weighted by Crippen LogP contribution is -2.32. The molecule has 2 N–H and O–H groups in total. The van der Waals surface area contributed by atoms with Crippen molar-refractivity contribution in [2.24, 2.45) is 10.7 Å². The third-order valence-corrected chi connectivity index (χ3v) is 1.68. The molecule has 1 fully saturated rings. The van der Waals surface area contributed by atoms with Crippen LogP contribution in [0.15, 0.2) is 4.99 Å². The summed E-state index contributed by atoms with van der Waals surface area (Å²) < 4.78 is 0. The SMILES string of the molecule is CC=NC.NC(=O)N1CCCC1. The second-order valence-corrected chi connectivity index (χ2v) is 2.55. The van der Waals surface area contributed by atoms with E-state index in [1.807, 2.05) is 6.92 Å². The number of nitrogens with two attached hydrogens (primary N) is 1. The van der Waals surface area contributed by atoms with Crippen LogP contribution in [0.4, 0.5) is 4.79 Å². The van der Waals surface area contributed by atoms with Crippen LogP contribution >= 0.6 is 0 Å². The van der Waals surface area contributed by atoms with E-state index in [9.17, 15) is 4.79 Å². The van der Waals surface area contributed by atoms with Gasteiger partial charge in [0, 0.05) is 20.1 Å². The second kappa shape index (κ2) is 6.64. The lowest BCUT2D eigenvalue weighted by Gasteiger charge is -2.09. The first kappa shape index (κ1) is 10.9. The van der Waals surface area contributed by atoms with Crippen molar-refractivity contribution in [2.75, 3.05) is 20.1 Å². The molecule has 0 radical (unpaired) electrons. The third kappa shape index (κ3) is 4.71. The molecule has 0 spiro atoms. The monoisotopic (exact) mass is 171 g/mol. The molecule has 0 aromatic rings. The minimum absolute atomic E-state index is 0.275. The zero-order chi connectivity index (χ0) is 9.40. The molecular formula is C8H17N3O. The van der Waals surface area contributed by atoms with Crippen molar-refractivity contribution in [3.63, 3.8) is 0 Å². The lowest BCUT2D eigenvalue weighted by molar-refractivity contribution is 0.218. The van der Waals surface area contributed by atoms with Crippen molar-refractivity contribution in [2.45, 2.75) is 19.8 Å². The number of primary amides is 1. The van der Waals surface area contributed by atoms with E-state index in [2.05, 4.69) is 4.99 Å². The van der Waals surface area contributed by atoms with Gasteiger partial charge in [-0.3, -0.25) is 0 Å². The van der Waals surface area contributed by atoms with Gasteiger partial charge in [0.25, 0.3) is 0 Å². The van der Waals surface area contributed by atoms with Gasteiger partial charge in [-0.05, 0) is 26.0 Å². The van der Waals surface area contributed by atoms with Gasteiger partial charge in [-0.25, -0.2) is 4.79 Å². The Labute approximate surface area is 73.5 Å². The summed E-state index contributed by atoms with van der Waals surface area (Å²) in [6.45, 7) is 3.60. The molecule has 1 aliphatic rings. The number of amides is 2. The minimum Gasteiger partial charge on any atom is -0.351 e. The van der Waals surface area contributed by atoms with Gasteiger partial charge in [0.1, 0.15) is 0 Å². The Bertz CT molecular complexity index is 146. The van der Waals surface area contributed by atoms with Crippen molar-refractivity contribution in [3.8, 4) is 0 Å². The molecule has 1 heterocycles. The molecule has 0 bridgehead atoms. The first-order valence-electron chi connectivity index (χ1n) is 4.13. The Morgan fingerprint density at radius 2 is 1.92 bits per heavy atom. The highest BCUT2D eigenvalue weighted by Gasteiger charge is 2.13. The van der Waals surface area contributed by atoms with Crippen LogP contribution in [-0.4, -0.2) is 37.3 Å². The maximum atomic E-state index is 10.3. The van der Waals surface area contributed by atoms with Gasteiger partial charge in [-0.2, -0.15) is 0 Å². The van der Waals surface area contributed by atoms with E-state index >= 15 is 0 Å². The molecule has 4 nitrogen and oxygen atoms in total. The van der Waals surface area contributed by atoms with Crippen LogP contribution in [0.25, 0.3) is 0 Å². The Balaban J connectivity index is 0.000000261. The van der Waals surface area contributed by atoms with Crippen LogP contribution in [0.1, 0.15) is 19.8 Å². The van der Waals surface area contributed by atoms with Gasteiger partial charge in [-0.15, -0.1) is 0 Å². The first-order valence-corrected chi connectivity index (χ1v) is 4.13. The maximum Gasteiger partial charge on any atom is 0.314 e. The summed E-state index contributed by atoms with van der Waals surface area (Å²) in [4.78, 5) is 15.6. The zero-order valence-electron chi connectivity index (χ0n) is 7.79. The van der Waals surface area contributed by atoms with Crippen molar-refractivity contribution in [1.82, 2.24) is 4.90 Å². The van der Waals surface area contributed by atoms with Crippen molar-refractivity contribution in [3.05, 3.63) is 0 Å². The fourth-order valence-corrected chi connectivity index (χ4v) is 0.938. The molecule has 0 atom stereocenters. The van der Waals surface area contributed by atoms with Crippen LogP contribution in [0.2, 0.25) is 0 Å². The Morgan fingerprint density at radius 3 is 2.08 bits per heavy atom. The van der Waals surface area contributed by atoms with E-state index < -0.39 is 0 Å². The molecule has 2 amide bonds. The highest BCUT2D eigenvalue weighted by Crippen LogP contribution is 2.05. The summed E-state index contributed by atoms with van der Waals surface area (Å²) in [6.07, 6.45) is 3.98. The van der Waals surface area contributed by atoms with Crippen LogP contribution in [0, 0.1) is 0 Å². The summed E-state index contributed by atoms with van der Waals surface area (Å²) >= 11 is 0. The number of hydrogen-bond acceptors (Lipinski definition) is 2. The van der Waals surface area contributed by atoms with E-state index in [1.54, 1.807) is 18.2 Å². The van der Waals surface area contributed by atoms with E-state index in [0.717, 1.165) is 25.9 Å². The standard InChI is InChI=1S/C5H10N2O.C3H7N/c6-5(8)7-3-1-2-4-7;1-3-4-2/h1-4H2,(H2,6,8);3H,1-2H3. The number of hydrogen-bond donors (Lipinski definition) is 1. The van der Waals surface area contributed by atoms with Crippen molar-refractivity contribution in [1.29, 1.82) is 0 Å². The second-order valence-electron chi connectivity index (χ2n) is 2.55. The molecule has 70 valence electrons. The number of likely N-dealkylation sites (tertiary alicyclic amines) is 1. The van der Waals surface area contributed by atoms with Gasteiger partial charge in [-0.1, -0.05) is 0 Å². The largest absolute Gasteiger partial charge is 0.351 e. The van der Waals surface area contributed by atoms with Crippen LogP contribution in [0.3, 0.4) is 0 Å². The van der Waals surface area contributed by atoms with E-state index in [1.165, 1.54) is 0 Å². The normalized spacial score (nSPS) is 16.0. The number of nitrogens with zero attached hydrogens (tertiary/aromatic N) is 2. The molecule has 1 rings (SSSR count). The van der Waals surface area contributed by atoms with Crippen LogP contribution in [0.5, 0.6) is 0 Å². The highest BCUT2D eigenvalue weighted by atomic mass is 16.2. The zero-order valence-corrected chi connectivity index (χ0v) is 7.79. The fraction of sp³-hybridized carbons (Fsp3) is 0.750. The van der Waals surface area contributed by atoms with Gasteiger partial charge < -0.3 is 15.6 Å². The third-order valence-electron chi connectivity index (χ3n) is 1.68. The van der Waals surface area contributed by atoms with Crippen LogP contribution in [-0.2, 0) is 0 Å². The average molecular weight is 171 g/mol. The molecule has 1 aliphatic heterocycles. The van der Waals surface area contributed by atoms with Gasteiger partial charge in [0.05, 0.1) is 0 Å². The summed E-state index contributed by atoms with van der Waals surface area (Å²) in [5.74, 6) is 0. The predicted octanol–water partition coefficient (Wildman–Crippen LogP) is 0.868. The lowest BCUT2D eigenvalue weighted by atomic mass is 10.4. The number of rotatable bonds is 0. The number of aliphatic imine (C=N–C) groups is 1. The molecule has 0 unspecified atom stereocenters. The molecule has 0 aliphatic carbocycles. The molecule has 1 saturated heterocycles. The van der Waals surface area contributed by atoms with Crippen LogP contribution < -0.4 is 5.73 Å². The Hall–Kier alpha value is -1.06. The topological polar surface area (TPSA) is 58.7 Å². The molecule has 0 aromatic carbocycles. The molecule has 12 heavy (non-hydrogen) atoms. The maximum absolute atomic E-state index is 10.3. The van der Waals surface area contributed by atoms with Gasteiger partial charge in [0.2, 0.25) is 0 Å². The number of carbonyl (C=O) groups is 1. The Morgan fingerprint density at radius 1 is 1.50 bits per heavy atom. The summed E-state index contributed by atoms with van der Waals surface area (Å²) in [6, 6.07) is -0.275. The van der Waals surface area contributed by atoms with E-state index in [4.69, 9.17) is 5.73 Å². The van der Waals surface area contributed by atoms with Gasteiger partial charge in [0.15, 0.2) is 0 Å². The highest BCUT2D eigenvalue weighted by molar-refractivity contribution is 5.72. The number of urea groups is 1. The van der Waals surface area contributed by atoms with E-state index in [0.29, 0.717) is 0 Å². The first-order chi connectivity index (χ1) is 5.72. The smallest absolute Gasteiger partial charge is 0.314 e. The predicted molar refractivity (Wildman–Crippen MR) is 50.5 cm³/mol. The summed E-state index contributed by atoms with van der Waals surface area (Å²) in [5.41, 5.74) is 4.98. The quantitative estimate of drug-likeness (QED) is 0.540. The van der Waals surface area contributed by atoms with Crippen molar-refractivity contribution >= 4 is 12.2 Å². The van der Waals surface area contributed by atoms with Gasteiger partial charge >= 0.3 is 6.03 Å². The Kier molecular flexibility index (Phi) is 6.05. The summed E-state index contributed by atoms with van der Waals surface area (Å²) in [7, 11) is 1.75. The molecular weight excluding hydrogens is 154 g/mol. The van der Waals surface area contributed by atoms with Crippen molar-refractivity contribution < 1.29 is 4.79 Å². The summed E-state index contributed by atoms with van der Waals surface area (Å²) in [5, 5.41) is 0. The van der Waals surface area contributed by atoms with E-state index in [-0.39, 0.29) is 6.03 Å². The molecule has 4 heteroatoms. The minimum atomic E-state index is -0.275.